The summed E-state index contributed by atoms with van der Waals surface area (Å²) in [5.41, 5.74) is 0.505. The lowest BCUT2D eigenvalue weighted by Gasteiger charge is -2.16. The number of methoxy groups -OCH3 is 1. The van der Waals surface area contributed by atoms with E-state index in [-0.39, 0.29) is 33.4 Å². The smallest absolute Gasteiger partial charge is 0.262 e. The van der Waals surface area contributed by atoms with Crippen LogP contribution in [0.1, 0.15) is 15.9 Å². The van der Waals surface area contributed by atoms with Crippen LogP contribution < -0.4 is 15.4 Å². The average molecular weight is 359 g/mol. The van der Waals surface area contributed by atoms with Gasteiger partial charge < -0.3 is 15.2 Å². The second-order valence-electron chi connectivity index (χ2n) is 4.89. The van der Waals surface area contributed by atoms with E-state index in [9.17, 15) is 15.2 Å². The number of hydrogen-bond donors (Lipinski definition) is 4. The maximum atomic E-state index is 12.5. The summed E-state index contributed by atoms with van der Waals surface area (Å²) in [6.45, 7) is 0. The highest BCUT2D eigenvalue weighted by Gasteiger charge is 2.24. The van der Waals surface area contributed by atoms with E-state index in [1.54, 1.807) is 18.2 Å². The first-order valence-electron chi connectivity index (χ1n) is 7.11. The minimum atomic E-state index is -0.747. The molecule has 2 rings (SSSR count). The summed E-state index contributed by atoms with van der Waals surface area (Å²) >= 11 is 6.33. The third-order valence-corrected chi connectivity index (χ3v) is 3.86. The molecule has 0 aromatic heterocycles. The summed E-state index contributed by atoms with van der Waals surface area (Å²) in [5, 5.41) is 32.1. The lowest BCUT2D eigenvalue weighted by atomic mass is 9.93. The van der Waals surface area contributed by atoms with Crippen LogP contribution in [0.2, 0.25) is 5.02 Å². The molecule has 0 aliphatic carbocycles. The Kier molecular flexibility index (Phi) is 5.47. The predicted molar refractivity (Wildman–Crippen MR) is 94.1 cm³/mol. The standard InChI is InChI=1S/C17H15ClN4O3/c1-21-17(20)22-16(24)14-11(23)7-6-9(8-19)13(14)10-4-3-5-12(25-2)15(10)18/h3-7,23H,1-2H3,(H3,20,21,22,24). The lowest BCUT2D eigenvalue weighted by molar-refractivity contribution is 0.0974. The molecule has 0 unspecified atom stereocenters. The molecule has 128 valence electrons. The van der Waals surface area contributed by atoms with E-state index in [4.69, 9.17) is 21.7 Å². The zero-order valence-electron chi connectivity index (χ0n) is 13.5. The zero-order valence-corrected chi connectivity index (χ0v) is 14.2. The molecule has 2 aromatic rings. The van der Waals surface area contributed by atoms with E-state index in [1.165, 1.54) is 26.3 Å². The molecule has 1 amide bonds. The number of nitrogens with zero attached hydrogens (tertiary/aromatic N) is 1. The van der Waals surface area contributed by atoms with E-state index in [0.29, 0.717) is 11.3 Å². The summed E-state index contributed by atoms with van der Waals surface area (Å²) in [6.07, 6.45) is 0. The number of nitrogens with one attached hydrogen (secondary N) is 3. The Bertz CT molecular complexity index is 890. The number of phenolic OH excluding ortho intramolecular Hbond substituents is 1. The van der Waals surface area contributed by atoms with Crippen LogP contribution in [0.15, 0.2) is 30.3 Å². The van der Waals surface area contributed by atoms with Crippen molar-refractivity contribution in [2.24, 2.45) is 0 Å². The highest BCUT2D eigenvalue weighted by atomic mass is 35.5. The summed E-state index contributed by atoms with van der Waals surface area (Å²) in [7, 11) is 2.91. The van der Waals surface area contributed by atoms with Gasteiger partial charge in [-0.15, -0.1) is 0 Å². The number of rotatable bonds is 3. The average Bonchev–Trinajstić information content (AvgIpc) is 2.61. The van der Waals surface area contributed by atoms with Crippen molar-refractivity contribution < 1.29 is 14.6 Å². The minimum Gasteiger partial charge on any atom is -0.507 e. The van der Waals surface area contributed by atoms with Gasteiger partial charge in [0.15, 0.2) is 5.96 Å². The topological polar surface area (TPSA) is 118 Å². The number of halogens is 1. The molecule has 0 fully saturated rings. The molecule has 0 radical (unpaired) electrons. The Balaban J connectivity index is 2.77. The van der Waals surface area contributed by atoms with Crippen molar-refractivity contribution in [2.45, 2.75) is 0 Å². The molecule has 0 atom stereocenters. The fourth-order valence-electron chi connectivity index (χ4n) is 2.29. The van der Waals surface area contributed by atoms with Gasteiger partial charge in [0.05, 0.1) is 29.3 Å². The number of ether oxygens (including phenoxy) is 1. The normalized spacial score (nSPS) is 9.84. The summed E-state index contributed by atoms with van der Waals surface area (Å²) in [4.78, 5) is 12.5. The van der Waals surface area contributed by atoms with Gasteiger partial charge in [-0.2, -0.15) is 5.26 Å². The molecule has 0 heterocycles. The lowest BCUT2D eigenvalue weighted by Crippen LogP contribution is -2.38. The first-order valence-corrected chi connectivity index (χ1v) is 7.49. The zero-order chi connectivity index (χ0) is 18.6. The summed E-state index contributed by atoms with van der Waals surface area (Å²) in [6, 6.07) is 9.53. The van der Waals surface area contributed by atoms with Gasteiger partial charge in [-0.3, -0.25) is 15.5 Å². The van der Waals surface area contributed by atoms with Crippen molar-refractivity contribution >= 4 is 23.5 Å². The van der Waals surface area contributed by atoms with Gasteiger partial charge in [-0.25, -0.2) is 0 Å². The van der Waals surface area contributed by atoms with Crippen LogP contribution in [-0.4, -0.2) is 31.1 Å². The van der Waals surface area contributed by atoms with Crippen molar-refractivity contribution in [1.82, 2.24) is 10.6 Å². The number of phenols is 1. The molecule has 7 nitrogen and oxygen atoms in total. The van der Waals surface area contributed by atoms with Gasteiger partial charge in [0, 0.05) is 18.2 Å². The van der Waals surface area contributed by atoms with Gasteiger partial charge in [0.25, 0.3) is 5.91 Å². The quantitative estimate of drug-likeness (QED) is 0.496. The van der Waals surface area contributed by atoms with Gasteiger partial charge in [-0.1, -0.05) is 23.7 Å². The fraction of sp³-hybridized carbons (Fsp3) is 0.118. The molecule has 2 aromatic carbocycles. The van der Waals surface area contributed by atoms with Crippen LogP contribution in [0.5, 0.6) is 11.5 Å². The van der Waals surface area contributed by atoms with E-state index in [2.05, 4.69) is 10.6 Å². The van der Waals surface area contributed by atoms with Crippen molar-refractivity contribution in [3.05, 3.63) is 46.5 Å². The van der Waals surface area contributed by atoms with Gasteiger partial charge in [-0.05, 0) is 18.2 Å². The number of hydrogen-bond acceptors (Lipinski definition) is 5. The van der Waals surface area contributed by atoms with E-state index < -0.39 is 5.91 Å². The third-order valence-electron chi connectivity index (χ3n) is 3.47. The van der Waals surface area contributed by atoms with Crippen LogP contribution in [0.25, 0.3) is 11.1 Å². The Morgan fingerprint density at radius 3 is 2.68 bits per heavy atom. The van der Waals surface area contributed by atoms with Crippen molar-refractivity contribution in [3.63, 3.8) is 0 Å². The number of carbonyl (C=O) groups excluding carboxylic acids is 1. The van der Waals surface area contributed by atoms with E-state index in [0.717, 1.165) is 0 Å². The Morgan fingerprint density at radius 1 is 1.36 bits per heavy atom. The van der Waals surface area contributed by atoms with Gasteiger partial charge in [0.1, 0.15) is 11.5 Å². The maximum absolute atomic E-state index is 12.5. The largest absolute Gasteiger partial charge is 0.507 e. The molecule has 0 aliphatic heterocycles. The van der Waals surface area contributed by atoms with E-state index in [1.807, 2.05) is 6.07 Å². The first kappa shape index (κ1) is 18.1. The van der Waals surface area contributed by atoms with Crippen molar-refractivity contribution in [2.75, 3.05) is 14.2 Å². The monoisotopic (exact) mass is 358 g/mol. The molecular formula is C17H15ClN4O3. The van der Waals surface area contributed by atoms with Crippen LogP contribution in [0, 0.1) is 16.7 Å². The SMILES string of the molecule is CNC(=N)NC(=O)c1c(O)ccc(C#N)c1-c1cccc(OC)c1Cl. The summed E-state index contributed by atoms with van der Waals surface area (Å²) < 4.78 is 5.17. The number of guanidine groups is 1. The molecule has 0 bridgehead atoms. The van der Waals surface area contributed by atoms with Gasteiger partial charge in [0.2, 0.25) is 0 Å². The third kappa shape index (κ3) is 3.49. The molecule has 0 saturated heterocycles. The second kappa shape index (κ2) is 7.55. The molecule has 25 heavy (non-hydrogen) atoms. The molecule has 0 aliphatic rings. The van der Waals surface area contributed by atoms with Crippen LogP contribution in [-0.2, 0) is 0 Å². The Morgan fingerprint density at radius 2 is 2.08 bits per heavy atom. The molecule has 0 saturated carbocycles. The number of nitriles is 1. The highest BCUT2D eigenvalue weighted by Crippen LogP contribution is 2.40. The summed E-state index contributed by atoms with van der Waals surface area (Å²) in [5.74, 6) is -0.979. The molecular weight excluding hydrogens is 344 g/mol. The van der Waals surface area contributed by atoms with Crippen LogP contribution in [0.3, 0.4) is 0 Å². The maximum Gasteiger partial charge on any atom is 0.262 e. The second-order valence-corrected chi connectivity index (χ2v) is 5.27. The molecule has 0 spiro atoms. The highest BCUT2D eigenvalue weighted by molar-refractivity contribution is 6.35. The number of amides is 1. The van der Waals surface area contributed by atoms with Crippen LogP contribution in [0.4, 0.5) is 0 Å². The number of carbonyl (C=O) groups is 1. The minimum absolute atomic E-state index is 0.147. The predicted octanol–water partition coefficient (Wildman–Crippen LogP) is 2.48. The van der Waals surface area contributed by atoms with Crippen LogP contribution >= 0.6 is 11.6 Å². The van der Waals surface area contributed by atoms with Gasteiger partial charge >= 0.3 is 0 Å². The molecule has 8 heteroatoms. The molecule has 4 N–H and O–H groups in total. The van der Waals surface area contributed by atoms with Crippen molar-refractivity contribution in [1.29, 1.82) is 10.7 Å². The Labute approximate surface area is 149 Å². The fourth-order valence-corrected chi connectivity index (χ4v) is 2.59. The first-order chi connectivity index (χ1) is 11.9. The van der Waals surface area contributed by atoms with E-state index >= 15 is 0 Å². The Hall–Kier alpha value is -3.24. The number of benzene rings is 2. The van der Waals surface area contributed by atoms with Crippen molar-refractivity contribution in [3.8, 4) is 28.7 Å². The number of aromatic hydroxyl groups is 1.